The van der Waals surface area contributed by atoms with Crippen molar-refractivity contribution in [2.45, 2.75) is 32.2 Å². The first-order valence-corrected chi connectivity index (χ1v) is 11.5. The summed E-state index contributed by atoms with van der Waals surface area (Å²) in [4.78, 5) is 16.9. The van der Waals surface area contributed by atoms with Crippen molar-refractivity contribution in [2.75, 3.05) is 0 Å². The van der Waals surface area contributed by atoms with Gasteiger partial charge in [0.05, 0.1) is 0 Å². The van der Waals surface area contributed by atoms with Crippen molar-refractivity contribution in [3.63, 3.8) is 0 Å². The Morgan fingerprint density at radius 2 is 1.73 bits per heavy atom. The van der Waals surface area contributed by atoms with E-state index in [-0.39, 0.29) is 17.8 Å². The van der Waals surface area contributed by atoms with Crippen LogP contribution in [0.3, 0.4) is 0 Å². The van der Waals surface area contributed by atoms with Gasteiger partial charge in [0.2, 0.25) is 0 Å². The molecule has 0 bridgehead atoms. The largest absolute Gasteiger partial charge is 0.430 e. The van der Waals surface area contributed by atoms with Crippen LogP contribution >= 0.6 is 11.5 Å². The lowest BCUT2D eigenvalue weighted by Crippen LogP contribution is -2.32. The van der Waals surface area contributed by atoms with Gasteiger partial charge in [-0.2, -0.15) is 9.36 Å². The quantitative estimate of drug-likeness (QED) is 0.342. The summed E-state index contributed by atoms with van der Waals surface area (Å²) in [6.07, 6.45) is 2.29. The highest BCUT2D eigenvalue weighted by atomic mass is 32.1. The van der Waals surface area contributed by atoms with Crippen LogP contribution in [0.25, 0.3) is 0 Å². The van der Waals surface area contributed by atoms with Gasteiger partial charge in [0, 0.05) is 29.6 Å². The van der Waals surface area contributed by atoms with Crippen molar-refractivity contribution in [3.8, 4) is 10.9 Å². The molecule has 0 saturated heterocycles. The fourth-order valence-corrected chi connectivity index (χ4v) is 3.89. The molecule has 0 spiro atoms. The van der Waals surface area contributed by atoms with Gasteiger partial charge < -0.3 is 10.1 Å². The van der Waals surface area contributed by atoms with Gasteiger partial charge >= 0.3 is 0 Å². The molecule has 0 aliphatic rings. The average Bonchev–Trinajstić information content (AvgIpc) is 3.27. The highest BCUT2D eigenvalue weighted by Gasteiger charge is 2.12. The second-order valence-electron chi connectivity index (χ2n) is 7.80. The van der Waals surface area contributed by atoms with Crippen molar-refractivity contribution in [2.24, 2.45) is 0 Å². The van der Waals surface area contributed by atoms with Gasteiger partial charge in [0.1, 0.15) is 11.6 Å². The molecule has 33 heavy (non-hydrogen) atoms. The number of carbonyl (C=O) groups excluding carboxylic acids is 1. The number of hydrogen-bond acceptors (Lipinski definition) is 5. The number of amides is 1. The molecule has 1 aromatic heterocycles. The molecule has 1 heterocycles. The lowest BCUT2D eigenvalue weighted by atomic mass is 10.1. The van der Waals surface area contributed by atoms with Gasteiger partial charge in [-0.3, -0.25) is 4.79 Å². The number of ether oxygens (including phenoxy) is 1. The highest BCUT2D eigenvalue weighted by Crippen LogP contribution is 2.24. The molecule has 7 heteroatoms. The molecule has 168 valence electrons. The number of nitrogens with one attached hydrogen (secondary N) is 1. The van der Waals surface area contributed by atoms with Crippen LogP contribution in [-0.4, -0.2) is 21.3 Å². The average molecular weight is 462 g/mol. The molecule has 0 saturated carbocycles. The van der Waals surface area contributed by atoms with E-state index in [2.05, 4.69) is 26.8 Å². The molecule has 1 unspecified atom stereocenters. The maximum absolute atomic E-state index is 13.0. The molecule has 4 rings (SSSR count). The Morgan fingerprint density at radius 1 is 1.00 bits per heavy atom. The molecule has 3 aromatic carbocycles. The van der Waals surface area contributed by atoms with Gasteiger partial charge in [-0.05, 0) is 67.3 Å². The summed E-state index contributed by atoms with van der Waals surface area (Å²) >= 11 is 1.15. The summed E-state index contributed by atoms with van der Waals surface area (Å²) in [7, 11) is 0. The normalized spacial score (nSPS) is 11.7. The van der Waals surface area contributed by atoms with Crippen LogP contribution in [0.5, 0.6) is 10.9 Å². The minimum Gasteiger partial charge on any atom is -0.430 e. The van der Waals surface area contributed by atoms with E-state index in [1.165, 1.54) is 17.7 Å². The minimum atomic E-state index is -0.271. The van der Waals surface area contributed by atoms with Crippen LogP contribution < -0.4 is 10.1 Å². The van der Waals surface area contributed by atoms with Crippen LogP contribution in [0, 0.1) is 5.82 Å². The minimum absolute atomic E-state index is 0.0644. The van der Waals surface area contributed by atoms with Crippen LogP contribution in [0.4, 0.5) is 4.39 Å². The fourth-order valence-electron chi connectivity index (χ4n) is 3.32. The molecule has 0 fully saturated rings. The monoisotopic (exact) mass is 461 g/mol. The summed E-state index contributed by atoms with van der Waals surface area (Å²) in [6, 6.07) is 23.5. The van der Waals surface area contributed by atoms with Crippen molar-refractivity contribution in [1.29, 1.82) is 0 Å². The van der Waals surface area contributed by atoms with E-state index in [0.29, 0.717) is 28.8 Å². The summed E-state index contributed by atoms with van der Waals surface area (Å²) in [5.74, 6) is 0.808. The number of hydrogen-bond donors (Lipinski definition) is 1. The molecule has 5 nitrogen and oxygen atoms in total. The Kier molecular flexibility index (Phi) is 7.42. The number of aryl methyl sites for hydroxylation is 1. The Morgan fingerprint density at radius 3 is 2.45 bits per heavy atom. The maximum atomic E-state index is 13.0. The van der Waals surface area contributed by atoms with Crippen LogP contribution in [-0.2, 0) is 12.8 Å². The highest BCUT2D eigenvalue weighted by molar-refractivity contribution is 7.07. The van der Waals surface area contributed by atoms with Crippen LogP contribution in [0.1, 0.15) is 40.7 Å². The third kappa shape index (κ3) is 6.70. The van der Waals surface area contributed by atoms with E-state index in [4.69, 9.17) is 4.74 Å². The van der Waals surface area contributed by atoms with Gasteiger partial charge in [0.15, 0.2) is 5.82 Å². The zero-order chi connectivity index (χ0) is 23.0. The van der Waals surface area contributed by atoms with Crippen molar-refractivity contribution in [1.82, 2.24) is 14.7 Å². The molecule has 1 N–H and O–H groups in total. The molecular formula is C26H24FN3O2S. The Hall–Kier alpha value is -3.58. The van der Waals surface area contributed by atoms with E-state index < -0.39 is 0 Å². The number of nitrogens with zero attached hydrogens (tertiary/aromatic N) is 2. The third-order valence-corrected chi connectivity index (χ3v) is 5.77. The maximum Gasteiger partial charge on any atom is 0.298 e. The zero-order valence-corrected chi connectivity index (χ0v) is 19.0. The molecule has 0 aliphatic heterocycles. The van der Waals surface area contributed by atoms with Gasteiger partial charge in [-0.1, -0.05) is 42.5 Å². The lowest BCUT2D eigenvalue weighted by Gasteiger charge is -2.14. The van der Waals surface area contributed by atoms with E-state index in [1.54, 1.807) is 36.4 Å². The molecule has 0 radical (unpaired) electrons. The Labute approximate surface area is 196 Å². The van der Waals surface area contributed by atoms with E-state index in [9.17, 15) is 9.18 Å². The van der Waals surface area contributed by atoms with Gasteiger partial charge in [0.25, 0.3) is 11.1 Å². The van der Waals surface area contributed by atoms with E-state index >= 15 is 0 Å². The van der Waals surface area contributed by atoms with Crippen LogP contribution in [0.15, 0.2) is 78.9 Å². The first kappa shape index (κ1) is 22.6. The number of halogens is 1. The third-order valence-electron chi connectivity index (χ3n) is 5.13. The predicted octanol–water partition coefficient (Wildman–Crippen LogP) is 5.81. The molecule has 1 atom stereocenters. The molecule has 4 aromatic rings. The smallest absolute Gasteiger partial charge is 0.298 e. The Bertz CT molecular complexity index is 1180. The second-order valence-corrected chi connectivity index (χ2v) is 8.52. The predicted molar refractivity (Wildman–Crippen MR) is 127 cm³/mol. The number of carbonyl (C=O) groups is 1. The first-order chi connectivity index (χ1) is 16.0. The van der Waals surface area contributed by atoms with Crippen LogP contribution in [0.2, 0.25) is 0 Å². The standard InChI is InChI=1S/C26H24FN3O2S/c1-18(7-8-19-5-3-2-4-6-19)28-25(31)21-11-15-23(16-12-21)32-26-29-24(30-33-26)17-20-9-13-22(27)14-10-20/h2-6,9-16,18H,7-8,17H2,1H3,(H,28,31). The summed E-state index contributed by atoms with van der Waals surface area (Å²) < 4.78 is 23.1. The first-order valence-electron chi connectivity index (χ1n) is 10.7. The summed E-state index contributed by atoms with van der Waals surface area (Å²) in [5, 5.41) is 3.46. The number of rotatable bonds is 9. The SMILES string of the molecule is CC(CCc1ccccc1)NC(=O)c1ccc(Oc2nc(Cc3ccc(F)cc3)ns2)cc1. The Balaban J connectivity index is 1.27. The van der Waals surface area contributed by atoms with Crippen molar-refractivity contribution in [3.05, 3.63) is 107 Å². The zero-order valence-electron chi connectivity index (χ0n) is 18.2. The number of benzene rings is 3. The van der Waals surface area contributed by atoms with Gasteiger partial charge in [-0.15, -0.1) is 0 Å². The summed E-state index contributed by atoms with van der Waals surface area (Å²) in [6.45, 7) is 2.01. The molecular weight excluding hydrogens is 437 g/mol. The van der Waals surface area contributed by atoms with Crippen molar-refractivity contribution >= 4 is 17.4 Å². The summed E-state index contributed by atoms with van der Waals surface area (Å²) in [5.41, 5.74) is 2.76. The molecule has 0 aliphatic carbocycles. The number of aromatic nitrogens is 2. The van der Waals surface area contributed by atoms with E-state index in [1.807, 2.05) is 25.1 Å². The van der Waals surface area contributed by atoms with Gasteiger partial charge in [-0.25, -0.2) is 4.39 Å². The van der Waals surface area contributed by atoms with Crippen molar-refractivity contribution < 1.29 is 13.9 Å². The second kappa shape index (κ2) is 10.8. The van der Waals surface area contributed by atoms with E-state index in [0.717, 1.165) is 29.9 Å². The lowest BCUT2D eigenvalue weighted by molar-refractivity contribution is 0.0938. The topological polar surface area (TPSA) is 64.1 Å². The fraction of sp³-hybridized carbons (Fsp3) is 0.192. The molecule has 1 amide bonds.